The molecule has 8 heteroatoms. The lowest BCUT2D eigenvalue weighted by molar-refractivity contribution is -0.121. The van der Waals surface area contributed by atoms with Crippen LogP contribution >= 0.6 is 0 Å². The zero-order chi connectivity index (χ0) is 22.3. The largest absolute Gasteiger partial charge is 0.497 e. The van der Waals surface area contributed by atoms with Crippen molar-refractivity contribution >= 4 is 11.6 Å². The molecule has 0 atom stereocenters. The van der Waals surface area contributed by atoms with Gasteiger partial charge in [-0.3, -0.25) is 9.69 Å². The number of methoxy groups -OCH3 is 1. The summed E-state index contributed by atoms with van der Waals surface area (Å²) in [6, 6.07) is 15.0. The van der Waals surface area contributed by atoms with Crippen molar-refractivity contribution in [2.45, 2.75) is 26.3 Å². The monoisotopic (exact) mass is 436 g/mol. The van der Waals surface area contributed by atoms with Crippen molar-refractivity contribution < 1.29 is 18.8 Å². The zero-order valence-corrected chi connectivity index (χ0v) is 18.4. The van der Waals surface area contributed by atoms with Crippen LogP contribution in [0.15, 0.2) is 53.1 Å². The van der Waals surface area contributed by atoms with E-state index in [0.717, 1.165) is 48.7 Å². The Kier molecular flexibility index (Phi) is 7.01. The van der Waals surface area contributed by atoms with Crippen LogP contribution in [0.3, 0.4) is 0 Å². The second kappa shape index (κ2) is 10.3. The molecule has 1 amide bonds. The molecule has 4 rings (SSSR count). The van der Waals surface area contributed by atoms with E-state index in [1.165, 1.54) is 0 Å². The highest BCUT2D eigenvalue weighted by atomic mass is 16.5. The number of amides is 1. The molecule has 1 N–H and O–H groups in total. The standard InChI is InChI=1S/C24H28N4O4/c1-3-31-21-6-4-5-19(15-21)25-24(29)18-11-13-28(14-12-18)16-22-26-23(27-32-22)17-7-9-20(30-2)10-8-17/h4-10,15,18H,3,11-14,16H2,1-2H3,(H,25,29). The molecule has 1 aliphatic rings. The molecule has 0 spiro atoms. The van der Waals surface area contributed by atoms with Crippen LogP contribution < -0.4 is 14.8 Å². The summed E-state index contributed by atoms with van der Waals surface area (Å²) in [4.78, 5) is 19.4. The molecule has 32 heavy (non-hydrogen) atoms. The van der Waals surface area contributed by atoms with E-state index in [1.807, 2.05) is 55.5 Å². The first-order chi connectivity index (χ1) is 15.6. The number of hydrogen-bond acceptors (Lipinski definition) is 7. The lowest BCUT2D eigenvalue weighted by Crippen LogP contribution is -2.37. The van der Waals surface area contributed by atoms with Gasteiger partial charge in [0.15, 0.2) is 0 Å². The van der Waals surface area contributed by atoms with Crippen LogP contribution in [-0.4, -0.2) is 47.8 Å². The molecule has 0 saturated carbocycles. The van der Waals surface area contributed by atoms with E-state index in [0.29, 0.717) is 24.9 Å². The Morgan fingerprint density at radius 2 is 1.94 bits per heavy atom. The van der Waals surface area contributed by atoms with Crippen LogP contribution in [0, 0.1) is 5.92 Å². The zero-order valence-electron chi connectivity index (χ0n) is 18.4. The highest BCUT2D eigenvalue weighted by Crippen LogP contribution is 2.24. The van der Waals surface area contributed by atoms with Crippen molar-refractivity contribution in [1.29, 1.82) is 0 Å². The molecular weight excluding hydrogens is 408 g/mol. The fourth-order valence-electron chi connectivity index (χ4n) is 3.80. The van der Waals surface area contributed by atoms with Crippen molar-refractivity contribution in [2.75, 3.05) is 32.1 Å². The molecule has 1 aromatic heterocycles. The number of ether oxygens (including phenoxy) is 2. The van der Waals surface area contributed by atoms with E-state index in [2.05, 4.69) is 20.4 Å². The highest BCUT2D eigenvalue weighted by Gasteiger charge is 2.26. The molecule has 1 aliphatic heterocycles. The number of nitrogens with one attached hydrogen (secondary N) is 1. The van der Waals surface area contributed by atoms with E-state index in [1.54, 1.807) is 7.11 Å². The van der Waals surface area contributed by atoms with Crippen LogP contribution in [0.1, 0.15) is 25.7 Å². The first-order valence-corrected chi connectivity index (χ1v) is 10.9. The van der Waals surface area contributed by atoms with Gasteiger partial charge in [0.25, 0.3) is 0 Å². The average Bonchev–Trinajstić information content (AvgIpc) is 3.28. The first-order valence-electron chi connectivity index (χ1n) is 10.9. The average molecular weight is 437 g/mol. The fraction of sp³-hybridized carbons (Fsp3) is 0.375. The number of likely N-dealkylation sites (tertiary alicyclic amines) is 1. The van der Waals surface area contributed by atoms with Gasteiger partial charge in [-0.1, -0.05) is 11.2 Å². The number of piperidine rings is 1. The van der Waals surface area contributed by atoms with Crippen LogP contribution in [-0.2, 0) is 11.3 Å². The second-order valence-electron chi connectivity index (χ2n) is 7.74. The van der Waals surface area contributed by atoms with Crippen molar-refractivity contribution in [2.24, 2.45) is 5.92 Å². The van der Waals surface area contributed by atoms with Gasteiger partial charge in [-0.15, -0.1) is 0 Å². The minimum atomic E-state index is -0.0143. The summed E-state index contributed by atoms with van der Waals surface area (Å²) in [7, 11) is 1.63. The lowest BCUT2D eigenvalue weighted by atomic mass is 9.96. The van der Waals surface area contributed by atoms with E-state index in [9.17, 15) is 4.79 Å². The second-order valence-corrected chi connectivity index (χ2v) is 7.74. The molecule has 0 unspecified atom stereocenters. The van der Waals surface area contributed by atoms with Gasteiger partial charge in [-0.05, 0) is 69.3 Å². The number of benzene rings is 2. The van der Waals surface area contributed by atoms with E-state index < -0.39 is 0 Å². The van der Waals surface area contributed by atoms with Gasteiger partial charge in [-0.25, -0.2) is 0 Å². The molecule has 3 aromatic rings. The number of nitrogens with zero attached hydrogens (tertiary/aromatic N) is 3. The molecule has 0 bridgehead atoms. The van der Waals surface area contributed by atoms with Gasteiger partial charge in [0, 0.05) is 23.2 Å². The smallest absolute Gasteiger partial charge is 0.241 e. The van der Waals surface area contributed by atoms with Gasteiger partial charge in [0.05, 0.1) is 20.3 Å². The van der Waals surface area contributed by atoms with Gasteiger partial charge in [0.1, 0.15) is 11.5 Å². The Balaban J connectivity index is 1.27. The third-order valence-electron chi connectivity index (χ3n) is 5.55. The topological polar surface area (TPSA) is 89.7 Å². The maximum Gasteiger partial charge on any atom is 0.241 e. The minimum absolute atomic E-state index is 0.0143. The number of hydrogen-bond donors (Lipinski definition) is 1. The highest BCUT2D eigenvalue weighted by molar-refractivity contribution is 5.92. The first kappa shape index (κ1) is 21.8. The summed E-state index contributed by atoms with van der Waals surface area (Å²) >= 11 is 0. The SMILES string of the molecule is CCOc1cccc(NC(=O)C2CCN(Cc3nc(-c4ccc(OC)cc4)no3)CC2)c1. The fourth-order valence-corrected chi connectivity index (χ4v) is 3.80. The van der Waals surface area contributed by atoms with Gasteiger partial charge < -0.3 is 19.3 Å². The maximum absolute atomic E-state index is 12.7. The molecule has 2 aromatic carbocycles. The minimum Gasteiger partial charge on any atom is -0.497 e. The third kappa shape index (κ3) is 5.45. The van der Waals surface area contributed by atoms with Gasteiger partial charge in [-0.2, -0.15) is 4.98 Å². The van der Waals surface area contributed by atoms with Crippen molar-refractivity contribution in [3.05, 3.63) is 54.4 Å². The number of rotatable bonds is 8. The Morgan fingerprint density at radius 3 is 2.66 bits per heavy atom. The summed E-state index contributed by atoms with van der Waals surface area (Å²) in [6.45, 7) is 4.72. The van der Waals surface area contributed by atoms with Crippen LogP contribution in [0.5, 0.6) is 11.5 Å². The third-order valence-corrected chi connectivity index (χ3v) is 5.55. The van der Waals surface area contributed by atoms with Crippen LogP contribution in [0.25, 0.3) is 11.4 Å². The molecule has 8 nitrogen and oxygen atoms in total. The summed E-state index contributed by atoms with van der Waals surface area (Å²) in [5, 5.41) is 7.11. The van der Waals surface area contributed by atoms with Crippen molar-refractivity contribution in [1.82, 2.24) is 15.0 Å². The normalized spacial score (nSPS) is 14.8. The molecule has 1 saturated heterocycles. The number of carbonyl (C=O) groups is 1. The molecular formula is C24H28N4O4. The number of aromatic nitrogens is 2. The Bertz CT molecular complexity index is 1030. The van der Waals surface area contributed by atoms with Gasteiger partial charge >= 0.3 is 0 Å². The quantitative estimate of drug-likeness (QED) is 0.571. The van der Waals surface area contributed by atoms with E-state index >= 15 is 0 Å². The lowest BCUT2D eigenvalue weighted by Gasteiger charge is -2.30. The Labute approximate surface area is 187 Å². The van der Waals surface area contributed by atoms with Gasteiger partial charge in [0.2, 0.25) is 17.6 Å². The molecule has 1 fully saturated rings. The molecule has 2 heterocycles. The van der Waals surface area contributed by atoms with Crippen LogP contribution in [0.2, 0.25) is 0 Å². The summed E-state index contributed by atoms with van der Waals surface area (Å²) in [5.74, 6) is 2.72. The van der Waals surface area contributed by atoms with Crippen LogP contribution in [0.4, 0.5) is 5.69 Å². The number of carbonyl (C=O) groups excluding carboxylic acids is 1. The predicted octanol–water partition coefficient (Wildman–Crippen LogP) is 3.99. The Morgan fingerprint density at radius 1 is 1.16 bits per heavy atom. The van der Waals surface area contributed by atoms with E-state index in [4.69, 9.17) is 14.0 Å². The summed E-state index contributed by atoms with van der Waals surface area (Å²) in [5.41, 5.74) is 1.64. The molecule has 168 valence electrons. The maximum atomic E-state index is 12.7. The molecule has 0 aliphatic carbocycles. The van der Waals surface area contributed by atoms with E-state index in [-0.39, 0.29) is 11.8 Å². The van der Waals surface area contributed by atoms with Crippen molar-refractivity contribution in [3.63, 3.8) is 0 Å². The Hall–Kier alpha value is -3.39. The molecule has 0 radical (unpaired) electrons. The van der Waals surface area contributed by atoms with Crippen molar-refractivity contribution in [3.8, 4) is 22.9 Å². The summed E-state index contributed by atoms with van der Waals surface area (Å²) < 4.78 is 16.1. The summed E-state index contributed by atoms with van der Waals surface area (Å²) in [6.07, 6.45) is 1.58. The predicted molar refractivity (Wildman–Crippen MR) is 121 cm³/mol. The number of anilines is 1.